The minimum absolute atomic E-state index is 0.160. The van der Waals surface area contributed by atoms with E-state index < -0.39 is 0 Å². The molecule has 0 atom stereocenters. The fourth-order valence-corrected chi connectivity index (χ4v) is 2.79. The lowest BCUT2D eigenvalue weighted by molar-refractivity contribution is 0.448. The Hall–Kier alpha value is -2.80. The number of aromatic amines is 1. The van der Waals surface area contributed by atoms with Crippen LogP contribution in [-0.2, 0) is 5.41 Å². The molecular weight excluding hydrogens is 286 g/mol. The number of phenols is 1. The number of nitrogens with one attached hydrogen (secondary N) is 1. The number of H-pyrrole nitrogens is 1. The molecular formula is C19H19N3O. The number of nitriles is 1. The number of hydrogen-bond donors (Lipinski definition) is 2. The highest BCUT2D eigenvalue weighted by Crippen LogP contribution is 2.39. The van der Waals surface area contributed by atoms with E-state index in [4.69, 9.17) is 5.26 Å². The number of aromatic nitrogens is 2. The molecule has 3 aromatic rings. The minimum atomic E-state index is -0.160. The highest BCUT2D eigenvalue weighted by atomic mass is 16.3. The van der Waals surface area contributed by atoms with Gasteiger partial charge in [0.25, 0.3) is 0 Å². The standard InChI is InChI=1S/C19H19N3O/c1-11-5-7-13(19(2,3)4)17(23)16(11)18-21-14-8-6-12(10-20)9-15(14)22-18/h5-9,23H,1-4H3,(H,21,22). The van der Waals surface area contributed by atoms with Crippen molar-refractivity contribution < 1.29 is 5.11 Å². The fraction of sp³-hybridized carbons (Fsp3) is 0.263. The van der Waals surface area contributed by atoms with Crippen LogP contribution in [-0.4, -0.2) is 15.1 Å². The maximum atomic E-state index is 10.8. The van der Waals surface area contributed by atoms with Gasteiger partial charge >= 0.3 is 0 Å². The highest BCUT2D eigenvalue weighted by Gasteiger charge is 2.23. The van der Waals surface area contributed by atoms with Crippen LogP contribution in [0.3, 0.4) is 0 Å². The second-order valence-corrected chi connectivity index (χ2v) is 6.83. The Labute approximate surface area is 135 Å². The van der Waals surface area contributed by atoms with Gasteiger partial charge in [0.05, 0.1) is 28.2 Å². The molecule has 116 valence electrons. The van der Waals surface area contributed by atoms with Crippen molar-refractivity contribution >= 4 is 11.0 Å². The van der Waals surface area contributed by atoms with Crippen LogP contribution in [0, 0.1) is 18.3 Å². The molecule has 2 N–H and O–H groups in total. The first-order chi connectivity index (χ1) is 10.8. The average Bonchev–Trinajstić information content (AvgIpc) is 2.88. The number of aromatic hydroxyl groups is 1. The van der Waals surface area contributed by atoms with Crippen molar-refractivity contribution in [1.82, 2.24) is 9.97 Å². The SMILES string of the molecule is Cc1ccc(C(C)(C)C)c(O)c1-c1nc2cc(C#N)ccc2[nH]1. The van der Waals surface area contributed by atoms with E-state index in [1.165, 1.54) is 0 Å². The fourth-order valence-electron chi connectivity index (χ4n) is 2.79. The van der Waals surface area contributed by atoms with Crippen molar-refractivity contribution in [2.24, 2.45) is 0 Å². The van der Waals surface area contributed by atoms with Gasteiger partial charge in [0.15, 0.2) is 0 Å². The van der Waals surface area contributed by atoms with Crippen LogP contribution in [0.5, 0.6) is 5.75 Å². The monoisotopic (exact) mass is 305 g/mol. The molecule has 1 heterocycles. The van der Waals surface area contributed by atoms with Crippen molar-refractivity contribution in [3.05, 3.63) is 47.0 Å². The van der Waals surface area contributed by atoms with Crippen LogP contribution in [0.15, 0.2) is 30.3 Å². The van der Waals surface area contributed by atoms with Gasteiger partial charge in [0, 0.05) is 5.56 Å². The molecule has 0 fully saturated rings. The van der Waals surface area contributed by atoms with Gasteiger partial charge in [-0.25, -0.2) is 4.98 Å². The Morgan fingerprint density at radius 2 is 1.91 bits per heavy atom. The summed E-state index contributed by atoms with van der Waals surface area (Å²) in [5.41, 5.74) is 4.53. The second-order valence-electron chi connectivity index (χ2n) is 6.83. The molecule has 0 bridgehead atoms. The predicted molar refractivity (Wildman–Crippen MR) is 91.3 cm³/mol. The second kappa shape index (κ2) is 5.13. The Kier molecular flexibility index (Phi) is 3.37. The number of fused-ring (bicyclic) bond motifs is 1. The summed E-state index contributed by atoms with van der Waals surface area (Å²) in [6.45, 7) is 8.16. The van der Waals surface area contributed by atoms with Gasteiger partial charge in [0.1, 0.15) is 11.6 Å². The molecule has 4 nitrogen and oxygen atoms in total. The quantitative estimate of drug-likeness (QED) is 0.699. The summed E-state index contributed by atoms with van der Waals surface area (Å²) in [4.78, 5) is 7.81. The third kappa shape index (κ3) is 2.55. The van der Waals surface area contributed by atoms with E-state index in [-0.39, 0.29) is 11.2 Å². The molecule has 0 amide bonds. The van der Waals surface area contributed by atoms with Gasteiger partial charge in [-0.05, 0) is 36.1 Å². The number of nitrogens with zero attached hydrogens (tertiary/aromatic N) is 2. The lowest BCUT2D eigenvalue weighted by Gasteiger charge is -2.22. The van der Waals surface area contributed by atoms with Crippen molar-refractivity contribution in [3.63, 3.8) is 0 Å². The van der Waals surface area contributed by atoms with Crippen molar-refractivity contribution in [2.75, 3.05) is 0 Å². The normalized spacial score (nSPS) is 11.6. The maximum absolute atomic E-state index is 10.8. The molecule has 1 aromatic heterocycles. The van der Waals surface area contributed by atoms with E-state index in [0.29, 0.717) is 17.0 Å². The van der Waals surface area contributed by atoms with Crippen LogP contribution in [0.25, 0.3) is 22.4 Å². The Morgan fingerprint density at radius 1 is 1.17 bits per heavy atom. The van der Waals surface area contributed by atoms with E-state index in [2.05, 4.69) is 36.8 Å². The predicted octanol–water partition coefficient (Wildman–Crippen LogP) is 4.41. The maximum Gasteiger partial charge on any atom is 0.142 e. The number of aryl methyl sites for hydroxylation is 1. The minimum Gasteiger partial charge on any atom is -0.507 e. The zero-order valence-electron chi connectivity index (χ0n) is 13.7. The molecule has 0 spiro atoms. The largest absolute Gasteiger partial charge is 0.507 e. The summed E-state index contributed by atoms with van der Waals surface area (Å²) in [7, 11) is 0. The van der Waals surface area contributed by atoms with Crippen molar-refractivity contribution in [2.45, 2.75) is 33.1 Å². The lowest BCUT2D eigenvalue weighted by Crippen LogP contribution is -2.12. The first-order valence-corrected chi connectivity index (χ1v) is 7.54. The lowest BCUT2D eigenvalue weighted by atomic mass is 9.84. The van der Waals surface area contributed by atoms with Crippen LogP contribution >= 0.6 is 0 Å². The summed E-state index contributed by atoms with van der Waals surface area (Å²) in [6.07, 6.45) is 0. The molecule has 23 heavy (non-hydrogen) atoms. The molecule has 0 radical (unpaired) electrons. The van der Waals surface area contributed by atoms with Crippen molar-refractivity contribution in [1.29, 1.82) is 5.26 Å². The molecule has 0 saturated heterocycles. The van der Waals surface area contributed by atoms with Crippen molar-refractivity contribution in [3.8, 4) is 23.2 Å². The van der Waals surface area contributed by atoms with Crippen LogP contribution in [0.4, 0.5) is 0 Å². The highest BCUT2D eigenvalue weighted by molar-refractivity contribution is 5.83. The summed E-state index contributed by atoms with van der Waals surface area (Å²) in [5, 5.41) is 19.8. The Morgan fingerprint density at radius 3 is 2.57 bits per heavy atom. The smallest absolute Gasteiger partial charge is 0.142 e. The number of phenolic OH excluding ortho intramolecular Hbond substituents is 1. The summed E-state index contributed by atoms with van der Waals surface area (Å²) >= 11 is 0. The number of rotatable bonds is 1. The molecule has 0 aliphatic heterocycles. The number of benzene rings is 2. The zero-order valence-corrected chi connectivity index (χ0v) is 13.7. The Balaban J connectivity index is 2.24. The molecule has 0 saturated carbocycles. The molecule has 0 aliphatic carbocycles. The van der Waals surface area contributed by atoms with Gasteiger partial charge in [-0.15, -0.1) is 0 Å². The third-order valence-electron chi connectivity index (χ3n) is 4.04. The van der Waals surface area contributed by atoms with E-state index in [1.807, 2.05) is 25.1 Å². The first-order valence-electron chi connectivity index (χ1n) is 7.54. The van der Waals surface area contributed by atoms with Gasteiger partial charge in [-0.3, -0.25) is 0 Å². The Bertz CT molecular complexity index is 940. The van der Waals surface area contributed by atoms with E-state index in [0.717, 1.165) is 22.2 Å². The summed E-state index contributed by atoms with van der Waals surface area (Å²) in [5.74, 6) is 0.883. The molecule has 0 unspecified atom stereocenters. The molecule has 4 heteroatoms. The van der Waals surface area contributed by atoms with Gasteiger partial charge in [-0.2, -0.15) is 5.26 Å². The number of hydrogen-bond acceptors (Lipinski definition) is 3. The summed E-state index contributed by atoms with van der Waals surface area (Å²) in [6, 6.07) is 11.4. The van der Waals surface area contributed by atoms with Crippen LogP contribution in [0.1, 0.15) is 37.5 Å². The van der Waals surface area contributed by atoms with E-state index in [1.54, 1.807) is 12.1 Å². The summed E-state index contributed by atoms with van der Waals surface area (Å²) < 4.78 is 0. The first kappa shape index (κ1) is 15.1. The van der Waals surface area contributed by atoms with Crippen LogP contribution < -0.4 is 0 Å². The molecule has 2 aromatic carbocycles. The van der Waals surface area contributed by atoms with Gasteiger partial charge < -0.3 is 10.1 Å². The van der Waals surface area contributed by atoms with E-state index >= 15 is 0 Å². The number of imidazole rings is 1. The molecule has 0 aliphatic rings. The van der Waals surface area contributed by atoms with Gasteiger partial charge in [-0.1, -0.05) is 32.9 Å². The zero-order chi connectivity index (χ0) is 16.8. The third-order valence-corrected chi connectivity index (χ3v) is 4.04. The average molecular weight is 305 g/mol. The van der Waals surface area contributed by atoms with Gasteiger partial charge in [0.2, 0.25) is 0 Å². The van der Waals surface area contributed by atoms with E-state index in [9.17, 15) is 5.11 Å². The van der Waals surface area contributed by atoms with Crippen LogP contribution in [0.2, 0.25) is 0 Å². The topological polar surface area (TPSA) is 72.7 Å². The molecule has 3 rings (SSSR count).